The first-order valence-corrected chi connectivity index (χ1v) is 6.94. The van der Waals surface area contributed by atoms with E-state index in [1.807, 2.05) is 0 Å². The Kier molecular flexibility index (Phi) is 4.35. The number of hydrogen-bond donors (Lipinski definition) is 3. The van der Waals surface area contributed by atoms with E-state index in [2.05, 4.69) is 10.6 Å². The Morgan fingerprint density at radius 2 is 1.83 bits per heavy atom. The average Bonchev–Trinajstić information content (AvgIpc) is 2.68. The van der Waals surface area contributed by atoms with E-state index >= 15 is 0 Å². The molecule has 1 saturated heterocycles. The van der Waals surface area contributed by atoms with Crippen molar-refractivity contribution in [1.29, 1.82) is 0 Å². The van der Waals surface area contributed by atoms with E-state index in [-0.39, 0.29) is 18.7 Å². The fraction of sp³-hybridized carbons (Fsp3) is 0.333. The molecule has 2 rings (SSSR count). The lowest BCUT2D eigenvalue weighted by Gasteiger charge is -2.27. The molecule has 122 valence electrons. The van der Waals surface area contributed by atoms with Crippen molar-refractivity contribution in [2.75, 3.05) is 6.54 Å². The molecule has 23 heavy (non-hydrogen) atoms. The van der Waals surface area contributed by atoms with Gasteiger partial charge in [0.2, 0.25) is 5.91 Å². The Morgan fingerprint density at radius 1 is 1.22 bits per heavy atom. The summed E-state index contributed by atoms with van der Waals surface area (Å²) < 4.78 is 0. The molecule has 1 heterocycles. The predicted molar refractivity (Wildman–Crippen MR) is 79.6 cm³/mol. The third-order valence-electron chi connectivity index (χ3n) is 3.69. The molecule has 1 aromatic rings. The van der Waals surface area contributed by atoms with Gasteiger partial charge in [-0.3, -0.25) is 14.9 Å². The molecule has 0 unspecified atom stereocenters. The molecule has 1 aliphatic heterocycles. The zero-order valence-corrected chi connectivity index (χ0v) is 12.8. The maximum absolute atomic E-state index is 11.9. The molecule has 1 aromatic carbocycles. The third kappa shape index (κ3) is 3.47. The summed E-state index contributed by atoms with van der Waals surface area (Å²) in [5.74, 6) is -1.88. The van der Waals surface area contributed by atoms with E-state index in [0.717, 1.165) is 10.5 Å². The highest BCUT2D eigenvalue weighted by Crippen LogP contribution is 2.20. The normalized spacial score (nSPS) is 16.2. The fourth-order valence-corrected chi connectivity index (χ4v) is 2.13. The largest absolute Gasteiger partial charge is 0.478 e. The van der Waals surface area contributed by atoms with Crippen molar-refractivity contribution in [3.8, 4) is 0 Å². The molecule has 4 amide bonds. The minimum atomic E-state index is -1.07. The number of carboxylic acids is 1. The van der Waals surface area contributed by atoms with Crippen molar-refractivity contribution >= 4 is 23.8 Å². The smallest absolute Gasteiger partial charge is 0.335 e. The minimum Gasteiger partial charge on any atom is -0.478 e. The van der Waals surface area contributed by atoms with Crippen molar-refractivity contribution in [2.45, 2.75) is 25.9 Å². The minimum absolute atomic E-state index is 0.161. The van der Waals surface area contributed by atoms with E-state index < -0.39 is 29.4 Å². The van der Waals surface area contributed by atoms with Crippen LogP contribution in [0, 0.1) is 0 Å². The molecule has 0 spiro atoms. The molecule has 3 N–H and O–H groups in total. The number of carboxylic acid groups (broad SMARTS) is 1. The number of nitrogens with zero attached hydrogens (tertiary/aromatic N) is 1. The number of carbonyl (C=O) groups excluding carboxylic acids is 3. The molecule has 0 bridgehead atoms. The summed E-state index contributed by atoms with van der Waals surface area (Å²) in [5.41, 5.74) is -0.184. The molecular formula is C15H17N3O5. The second kappa shape index (κ2) is 6.07. The van der Waals surface area contributed by atoms with E-state index in [1.165, 1.54) is 12.1 Å². The van der Waals surface area contributed by atoms with Crippen LogP contribution >= 0.6 is 0 Å². The fourth-order valence-electron chi connectivity index (χ4n) is 2.13. The van der Waals surface area contributed by atoms with Gasteiger partial charge in [-0.2, -0.15) is 0 Å². The Morgan fingerprint density at radius 3 is 2.30 bits per heavy atom. The number of urea groups is 1. The number of hydrogen-bond acceptors (Lipinski definition) is 4. The summed E-state index contributed by atoms with van der Waals surface area (Å²) in [7, 11) is 0. The van der Waals surface area contributed by atoms with Gasteiger partial charge in [-0.15, -0.1) is 0 Å². The van der Waals surface area contributed by atoms with Gasteiger partial charge in [-0.1, -0.05) is 12.1 Å². The predicted octanol–water partition coefficient (Wildman–Crippen LogP) is 0.331. The lowest BCUT2D eigenvalue weighted by molar-refractivity contribution is -0.127. The van der Waals surface area contributed by atoms with Gasteiger partial charge in [0.1, 0.15) is 12.1 Å². The number of amides is 4. The van der Waals surface area contributed by atoms with Crippen LogP contribution in [-0.2, 0) is 16.1 Å². The first kappa shape index (κ1) is 16.5. The molecule has 0 aromatic heterocycles. The van der Waals surface area contributed by atoms with Crippen molar-refractivity contribution in [1.82, 2.24) is 15.5 Å². The first-order valence-electron chi connectivity index (χ1n) is 6.94. The van der Waals surface area contributed by atoms with Crippen molar-refractivity contribution < 1.29 is 24.3 Å². The Hall–Kier alpha value is -2.90. The number of rotatable bonds is 5. The topological polar surface area (TPSA) is 116 Å². The maximum atomic E-state index is 11.9. The highest BCUT2D eigenvalue weighted by Gasteiger charge is 2.46. The van der Waals surface area contributed by atoms with E-state index in [9.17, 15) is 19.2 Å². The molecule has 0 atom stereocenters. The summed E-state index contributed by atoms with van der Waals surface area (Å²) in [6.07, 6.45) is 0. The molecular weight excluding hydrogens is 302 g/mol. The van der Waals surface area contributed by atoms with E-state index in [0.29, 0.717) is 0 Å². The van der Waals surface area contributed by atoms with Gasteiger partial charge in [0, 0.05) is 6.54 Å². The van der Waals surface area contributed by atoms with E-state index in [1.54, 1.807) is 26.0 Å². The van der Waals surface area contributed by atoms with E-state index in [4.69, 9.17) is 5.11 Å². The van der Waals surface area contributed by atoms with Crippen LogP contribution < -0.4 is 10.6 Å². The van der Waals surface area contributed by atoms with Crippen molar-refractivity contribution in [3.63, 3.8) is 0 Å². The zero-order chi connectivity index (χ0) is 17.2. The maximum Gasteiger partial charge on any atom is 0.335 e. The van der Waals surface area contributed by atoms with Gasteiger partial charge in [0.05, 0.1) is 5.56 Å². The Labute approximate surface area is 132 Å². The zero-order valence-electron chi connectivity index (χ0n) is 12.8. The monoisotopic (exact) mass is 319 g/mol. The van der Waals surface area contributed by atoms with Gasteiger partial charge in [-0.25, -0.2) is 9.59 Å². The molecule has 8 heteroatoms. The molecule has 1 aliphatic rings. The summed E-state index contributed by atoms with van der Waals surface area (Å²) in [6, 6.07) is 5.49. The van der Waals surface area contributed by atoms with Crippen molar-refractivity contribution in [3.05, 3.63) is 35.4 Å². The average molecular weight is 319 g/mol. The molecule has 0 saturated carbocycles. The van der Waals surface area contributed by atoms with Crippen LogP contribution in [0.1, 0.15) is 29.8 Å². The molecule has 0 radical (unpaired) electrons. The van der Waals surface area contributed by atoms with Crippen LogP contribution in [0.4, 0.5) is 4.79 Å². The van der Waals surface area contributed by atoms with Crippen LogP contribution in [0.3, 0.4) is 0 Å². The quantitative estimate of drug-likeness (QED) is 0.676. The summed E-state index contributed by atoms with van der Waals surface area (Å²) >= 11 is 0. The number of aromatic carboxylic acids is 1. The van der Waals surface area contributed by atoms with Crippen LogP contribution in [0.5, 0.6) is 0 Å². The van der Waals surface area contributed by atoms with Gasteiger partial charge in [0.25, 0.3) is 5.91 Å². The highest BCUT2D eigenvalue weighted by atomic mass is 16.4. The van der Waals surface area contributed by atoms with Crippen LogP contribution in [0.25, 0.3) is 0 Å². The highest BCUT2D eigenvalue weighted by molar-refractivity contribution is 6.07. The van der Waals surface area contributed by atoms with Crippen LogP contribution in [0.15, 0.2) is 24.3 Å². The van der Waals surface area contributed by atoms with Crippen molar-refractivity contribution in [2.24, 2.45) is 0 Å². The Balaban J connectivity index is 1.91. The molecule has 1 fully saturated rings. The number of imide groups is 1. The summed E-state index contributed by atoms with van der Waals surface area (Å²) in [6.45, 7) is 3.08. The van der Waals surface area contributed by atoms with Crippen LogP contribution in [-0.4, -0.2) is 45.9 Å². The lowest BCUT2D eigenvalue weighted by atomic mass is 10.0. The van der Waals surface area contributed by atoms with Gasteiger partial charge in [0.15, 0.2) is 0 Å². The van der Waals surface area contributed by atoms with Gasteiger partial charge >= 0.3 is 12.0 Å². The molecule has 8 nitrogen and oxygen atoms in total. The van der Waals surface area contributed by atoms with Gasteiger partial charge in [-0.05, 0) is 31.5 Å². The number of carbonyl (C=O) groups is 4. The second-order valence-electron chi connectivity index (χ2n) is 5.68. The number of nitrogens with one attached hydrogen (secondary N) is 2. The molecule has 0 aliphatic carbocycles. The summed E-state index contributed by atoms with van der Waals surface area (Å²) in [5, 5.41) is 13.6. The first-order chi connectivity index (χ1) is 10.7. The SMILES string of the molecule is CC1(C)C(=O)NC(=O)N1CC(=O)NCc1ccc(C(=O)O)cc1. The third-order valence-corrected chi connectivity index (χ3v) is 3.69. The lowest BCUT2D eigenvalue weighted by Crippen LogP contribution is -2.48. The van der Waals surface area contributed by atoms with Gasteiger partial charge < -0.3 is 15.3 Å². The number of benzene rings is 1. The second-order valence-corrected chi connectivity index (χ2v) is 5.68. The summed E-state index contributed by atoms with van der Waals surface area (Å²) in [4.78, 5) is 47.1. The van der Waals surface area contributed by atoms with Crippen LogP contribution in [0.2, 0.25) is 0 Å². The Bertz CT molecular complexity index is 666. The standard InChI is InChI=1S/C15H17N3O5/c1-15(2)13(22)17-14(23)18(15)8-11(19)16-7-9-3-5-10(6-4-9)12(20)21/h3-6H,7-8H2,1-2H3,(H,16,19)(H,20,21)(H,17,22,23).